The van der Waals surface area contributed by atoms with Gasteiger partial charge in [0.15, 0.2) is 0 Å². The van der Waals surface area contributed by atoms with E-state index in [1.807, 2.05) is 43.3 Å². The topological polar surface area (TPSA) is 46.2 Å². The highest BCUT2D eigenvalue weighted by atomic mass is 35.5. The van der Waals surface area contributed by atoms with Crippen molar-refractivity contribution in [1.82, 2.24) is 0 Å². The van der Waals surface area contributed by atoms with Crippen LogP contribution in [0.1, 0.15) is 5.56 Å². The second-order valence-corrected chi connectivity index (χ2v) is 5.24. The van der Waals surface area contributed by atoms with E-state index in [9.17, 15) is 5.11 Å². The second-order valence-electron chi connectivity index (χ2n) is 4.83. The number of halogens is 1. The third-order valence-corrected chi connectivity index (χ3v) is 3.89. The number of rotatable bonds is 1. The van der Waals surface area contributed by atoms with Crippen LogP contribution in [0.4, 0.5) is 5.69 Å². The summed E-state index contributed by atoms with van der Waals surface area (Å²) < 4.78 is 0. The van der Waals surface area contributed by atoms with Crippen molar-refractivity contribution in [2.75, 3.05) is 5.73 Å². The first-order chi connectivity index (χ1) is 9.59. The van der Waals surface area contributed by atoms with Gasteiger partial charge in [-0.15, -0.1) is 0 Å². The summed E-state index contributed by atoms with van der Waals surface area (Å²) in [5.74, 6) is 0.209. The van der Waals surface area contributed by atoms with Crippen LogP contribution < -0.4 is 5.73 Å². The number of hydrogen-bond acceptors (Lipinski definition) is 2. The van der Waals surface area contributed by atoms with Gasteiger partial charge in [0.05, 0.1) is 10.7 Å². The Hall–Kier alpha value is -2.19. The van der Waals surface area contributed by atoms with Gasteiger partial charge in [0.1, 0.15) is 5.75 Å². The molecule has 0 bridgehead atoms. The predicted octanol–water partition coefficient (Wildman–Crippen LogP) is 4.76. The third-order valence-electron chi connectivity index (χ3n) is 3.56. The quantitative estimate of drug-likeness (QED) is 0.633. The molecule has 0 unspecified atom stereocenters. The molecule has 0 atom stereocenters. The first-order valence-corrected chi connectivity index (χ1v) is 6.73. The maximum Gasteiger partial charge on any atom is 0.124 e. The van der Waals surface area contributed by atoms with Crippen molar-refractivity contribution >= 4 is 28.1 Å². The SMILES string of the molecule is Cc1ccc(Cl)c(N)c1-c1c(O)ccc2ccccc12. The molecule has 0 aliphatic heterocycles. The van der Waals surface area contributed by atoms with Crippen LogP contribution >= 0.6 is 11.6 Å². The van der Waals surface area contributed by atoms with E-state index in [-0.39, 0.29) is 5.75 Å². The first kappa shape index (κ1) is 12.8. The smallest absolute Gasteiger partial charge is 0.124 e. The summed E-state index contributed by atoms with van der Waals surface area (Å²) in [7, 11) is 0. The Bertz CT molecular complexity index is 811. The van der Waals surface area contributed by atoms with E-state index in [2.05, 4.69) is 0 Å². The Morgan fingerprint density at radius 1 is 0.950 bits per heavy atom. The Balaban J connectivity index is 2.47. The van der Waals surface area contributed by atoms with Crippen LogP contribution in [0.3, 0.4) is 0 Å². The van der Waals surface area contributed by atoms with Crippen LogP contribution in [0.2, 0.25) is 5.02 Å². The molecular weight excluding hydrogens is 270 g/mol. The van der Waals surface area contributed by atoms with Crippen molar-refractivity contribution < 1.29 is 5.11 Å². The van der Waals surface area contributed by atoms with Crippen molar-refractivity contribution in [3.8, 4) is 16.9 Å². The van der Waals surface area contributed by atoms with Gasteiger partial charge in [0.25, 0.3) is 0 Å². The Morgan fingerprint density at radius 2 is 1.70 bits per heavy atom. The van der Waals surface area contributed by atoms with Crippen LogP contribution in [0.15, 0.2) is 48.5 Å². The second kappa shape index (κ2) is 4.73. The minimum atomic E-state index is 0.209. The molecule has 3 N–H and O–H groups in total. The molecule has 2 nitrogen and oxygen atoms in total. The molecule has 0 aliphatic rings. The van der Waals surface area contributed by atoms with E-state index in [0.717, 1.165) is 27.5 Å². The van der Waals surface area contributed by atoms with E-state index >= 15 is 0 Å². The van der Waals surface area contributed by atoms with Crippen LogP contribution in [0.25, 0.3) is 21.9 Å². The number of anilines is 1. The average molecular weight is 284 g/mol. The molecule has 0 radical (unpaired) electrons. The van der Waals surface area contributed by atoms with Gasteiger partial charge in [0.2, 0.25) is 0 Å². The Labute approximate surface area is 122 Å². The summed E-state index contributed by atoms with van der Waals surface area (Å²) in [6.45, 7) is 1.96. The monoisotopic (exact) mass is 283 g/mol. The van der Waals surface area contributed by atoms with Crippen molar-refractivity contribution in [3.05, 3.63) is 59.1 Å². The lowest BCUT2D eigenvalue weighted by molar-refractivity contribution is 0.478. The molecule has 3 aromatic carbocycles. The lowest BCUT2D eigenvalue weighted by atomic mass is 9.93. The van der Waals surface area contributed by atoms with Gasteiger partial charge in [-0.05, 0) is 35.4 Å². The molecule has 3 rings (SSSR count). The van der Waals surface area contributed by atoms with Crippen molar-refractivity contribution in [3.63, 3.8) is 0 Å². The standard InChI is InChI=1S/C17H14ClNO/c1-10-6-8-13(18)17(19)15(10)16-12-5-3-2-4-11(12)7-9-14(16)20/h2-9,20H,19H2,1H3. The number of benzene rings is 3. The molecule has 3 heteroatoms. The van der Waals surface area contributed by atoms with Gasteiger partial charge in [-0.25, -0.2) is 0 Å². The summed E-state index contributed by atoms with van der Waals surface area (Å²) >= 11 is 6.13. The summed E-state index contributed by atoms with van der Waals surface area (Å²) in [4.78, 5) is 0. The molecule has 3 aromatic rings. The molecule has 100 valence electrons. The molecule has 0 spiro atoms. The van der Waals surface area contributed by atoms with E-state index in [1.54, 1.807) is 12.1 Å². The molecular formula is C17H14ClNO. The number of nitrogen functional groups attached to an aromatic ring is 1. The highest BCUT2D eigenvalue weighted by Crippen LogP contribution is 2.42. The van der Waals surface area contributed by atoms with E-state index in [0.29, 0.717) is 10.7 Å². The number of fused-ring (bicyclic) bond motifs is 1. The number of phenolic OH excluding ortho intramolecular Hbond substituents is 1. The van der Waals surface area contributed by atoms with Gasteiger partial charge in [-0.2, -0.15) is 0 Å². The van der Waals surface area contributed by atoms with Crippen molar-refractivity contribution in [1.29, 1.82) is 0 Å². The number of aromatic hydroxyl groups is 1. The predicted molar refractivity (Wildman–Crippen MR) is 85.2 cm³/mol. The van der Waals surface area contributed by atoms with Gasteiger partial charge in [-0.1, -0.05) is 48.0 Å². The van der Waals surface area contributed by atoms with Crippen LogP contribution in [0, 0.1) is 6.92 Å². The molecule has 0 saturated heterocycles. The fourth-order valence-electron chi connectivity index (χ4n) is 2.56. The van der Waals surface area contributed by atoms with Crippen LogP contribution in [0.5, 0.6) is 5.75 Å². The molecule has 20 heavy (non-hydrogen) atoms. The van der Waals surface area contributed by atoms with Crippen molar-refractivity contribution in [2.24, 2.45) is 0 Å². The minimum Gasteiger partial charge on any atom is -0.507 e. The summed E-state index contributed by atoms with van der Waals surface area (Å²) in [5.41, 5.74) is 9.15. The normalized spacial score (nSPS) is 10.9. The fourth-order valence-corrected chi connectivity index (χ4v) is 2.72. The number of phenols is 1. The largest absolute Gasteiger partial charge is 0.507 e. The number of aryl methyl sites for hydroxylation is 1. The summed E-state index contributed by atoms with van der Waals surface area (Å²) in [5, 5.41) is 12.8. The van der Waals surface area contributed by atoms with Gasteiger partial charge < -0.3 is 10.8 Å². The first-order valence-electron chi connectivity index (χ1n) is 6.35. The van der Waals surface area contributed by atoms with E-state index < -0.39 is 0 Å². The maximum atomic E-state index is 10.3. The fraction of sp³-hybridized carbons (Fsp3) is 0.0588. The molecule has 0 saturated carbocycles. The zero-order chi connectivity index (χ0) is 14.3. The minimum absolute atomic E-state index is 0.209. The zero-order valence-electron chi connectivity index (χ0n) is 11.0. The summed E-state index contributed by atoms with van der Waals surface area (Å²) in [6.07, 6.45) is 0. The molecule has 0 amide bonds. The van der Waals surface area contributed by atoms with Gasteiger partial charge >= 0.3 is 0 Å². The highest BCUT2D eigenvalue weighted by Gasteiger charge is 2.16. The molecule has 0 fully saturated rings. The van der Waals surface area contributed by atoms with Crippen LogP contribution in [-0.4, -0.2) is 5.11 Å². The Kier molecular flexibility index (Phi) is 3.03. The Morgan fingerprint density at radius 3 is 2.50 bits per heavy atom. The third kappa shape index (κ3) is 1.89. The van der Waals surface area contributed by atoms with Crippen molar-refractivity contribution in [2.45, 2.75) is 6.92 Å². The lowest BCUT2D eigenvalue weighted by Crippen LogP contribution is -1.95. The number of hydrogen-bond donors (Lipinski definition) is 2. The zero-order valence-corrected chi connectivity index (χ0v) is 11.8. The van der Waals surface area contributed by atoms with Gasteiger partial charge in [0, 0.05) is 11.1 Å². The van der Waals surface area contributed by atoms with E-state index in [4.69, 9.17) is 17.3 Å². The maximum absolute atomic E-state index is 10.3. The average Bonchev–Trinajstić information content (AvgIpc) is 2.45. The number of nitrogens with two attached hydrogens (primary N) is 1. The van der Waals surface area contributed by atoms with Crippen LogP contribution in [-0.2, 0) is 0 Å². The summed E-state index contributed by atoms with van der Waals surface area (Å²) in [6, 6.07) is 15.2. The van der Waals surface area contributed by atoms with E-state index in [1.165, 1.54) is 0 Å². The molecule has 0 heterocycles. The molecule has 0 aliphatic carbocycles. The van der Waals surface area contributed by atoms with Gasteiger partial charge in [-0.3, -0.25) is 0 Å². The molecule has 0 aromatic heterocycles. The highest BCUT2D eigenvalue weighted by molar-refractivity contribution is 6.34. The lowest BCUT2D eigenvalue weighted by Gasteiger charge is -2.15.